The van der Waals surface area contributed by atoms with Gasteiger partial charge >= 0.3 is 0 Å². The first-order valence-corrected chi connectivity index (χ1v) is 8.21. The molecule has 5 aromatic rings. The van der Waals surface area contributed by atoms with Crippen molar-refractivity contribution >= 4 is 27.3 Å². The Morgan fingerprint density at radius 3 is 2.12 bits per heavy atom. The molecule has 3 nitrogen and oxygen atoms in total. The van der Waals surface area contributed by atoms with Crippen molar-refractivity contribution < 1.29 is 4.98 Å². The molecule has 3 aromatic carbocycles. The van der Waals surface area contributed by atoms with Crippen LogP contribution in [0.2, 0.25) is 0 Å². The largest absolute Gasteiger partial charge is 0.294 e. The summed E-state index contributed by atoms with van der Waals surface area (Å²) in [5, 5.41) is 12.9. The topological polar surface area (TPSA) is 42.3 Å². The average molecular weight is 320 g/mol. The maximum atomic E-state index is 9.78. The quantitative estimate of drug-likeness (QED) is 0.445. The first kappa shape index (κ1) is 13.8. The zero-order valence-corrected chi connectivity index (χ0v) is 13.4. The minimum Gasteiger partial charge on any atom is -0.239 e. The summed E-state index contributed by atoms with van der Waals surface area (Å²) in [5.74, 6) is 0. The number of aromatic amines is 1. The van der Waals surface area contributed by atoms with Gasteiger partial charge in [-0.1, -0.05) is 54.6 Å². The Morgan fingerprint density at radius 2 is 1.36 bits per heavy atom. The fourth-order valence-corrected chi connectivity index (χ4v) is 3.62. The summed E-state index contributed by atoms with van der Waals surface area (Å²) in [5.41, 5.74) is 4.84. The number of fused-ring (bicyclic) bond motifs is 5. The van der Waals surface area contributed by atoms with Crippen molar-refractivity contribution in [2.45, 2.75) is 0 Å². The van der Waals surface area contributed by atoms with Gasteiger partial charge in [-0.25, -0.2) is 4.98 Å². The first-order chi connectivity index (χ1) is 12.4. The lowest BCUT2D eigenvalue weighted by atomic mass is 10.1. The molecular formula is C22H14N3+. The molecule has 0 aliphatic heterocycles. The number of nitriles is 1. The highest BCUT2D eigenvalue weighted by molar-refractivity contribution is 6.02. The van der Waals surface area contributed by atoms with E-state index >= 15 is 0 Å². The van der Waals surface area contributed by atoms with E-state index in [0.717, 1.165) is 38.6 Å². The Kier molecular flexibility index (Phi) is 2.86. The normalized spacial score (nSPS) is 11.2. The number of para-hydroxylation sites is 1. The molecule has 3 heteroatoms. The molecule has 5 rings (SSSR count). The second kappa shape index (κ2) is 5.19. The molecule has 116 valence electrons. The molecule has 25 heavy (non-hydrogen) atoms. The van der Waals surface area contributed by atoms with Crippen molar-refractivity contribution in [2.24, 2.45) is 0 Å². The zero-order chi connectivity index (χ0) is 16.8. The van der Waals surface area contributed by atoms with Gasteiger partial charge in [0.25, 0.3) is 5.65 Å². The van der Waals surface area contributed by atoms with Crippen LogP contribution in [-0.4, -0.2) is 4.40 Å². The average Bonchev–Trinajstić information content (AvgIpc) is 3.02. The molecule has 0 spiro atoms. The lowest BCUT2D eigenvalue weighted by Gasteiger charge is -2.04. The van der Waals surface area contributed by atoms with E-state index in [1.165, 1.54) is 0 Å². The fourth-order valence-electron chi connectivity index (χ4n) is 3.62. The Balaban J connectivity index is 2.08. The molecule has 0 amide bonds. The van der Waals surface area contributed by atoms with Crippen molar-refractivity contribution in [3.8, 4) is 17.3 Å². The second-order valence-corrected chi connectivity index (χ2v) is 6.07. The fraction of sp³-hybridized carbons (Fsp3) is 0. The standard InChI is InChI=1S/C22H13N3/c23-14-20-16-10-4-5-11-17(16)22-24-21(15-8-2-1-3-9-15)18-12-6-7-13-19(18)25(20)22/h1-13H/p+1. The van der Waals surface area contributed by atoms with E-state index in [9.17, 15) is 5.26 Å². The Labute approximate surface area is 144 Å². The summed E-state index contributed by atoms with van der Waals surface area (Å²) >= 11 is 0. The Bertz CT molecular complexity index is 1290. The smallest absolute Gasteiger partial charge is 0.239 e. The second-order valence-electron chi connectivity index (χ2n) is 6.07. The maximum Gasteiger partial charge on any atom is 0.294 e. The number of H-pyrrole nitrogens is 1. The lowest BCUT2D eigenvalue weighted by molar-refractivity contribution is -0.333. The number of nitrogens with zero attached hydrogens (tertiary/aromatic N) is 2. The highest BCUT2D eigenvalue weighted by Crippen LogP contribution is 2.31. The van der Waals surface area contributed by atoms with Crippen LogP contribution in [0.25, 0.3) is 38.6 Å². The van der Waals surface area contributed by atoms with E-state index < -0.39 is 0 Å². The van der Waals surface area contributed by atoms with E-state index in [1.54, 1.807) is 0 Å². The summed E-state index contributed by atoms with van der Waals surface area (Å²) in [7, 11) is 0. The van der Waals surface area contributed by atoms with Crippen LogP contribution in [0.3, 0.4) is 0 Å². The summed E-state index contributed by atoms with van der Waals surface area (Å²) in [4.78, 5) is 3.60. The minimum atomic E-state index is 0.665. The van der Waals surface area contributed by atoms with Gasteiger partial charge in [-0.2, -0.15) is 9.66 Å². The Hall–Kier alpha value is -3.64. The highest BCUT2D eigenvalue weighted by Gasteiger charge is 2.23. The van der Waals surface area contributed by atoms with Gasteiger partial charge in [0.05, 0.1) is 10.8 Å². The molecule has 0 radical (unpaired) electrons. The molecular weight excluding hydrogens is 306 g/mol. The summed E-state index contributed by atoms with van der Waals surface area (Å²) in [6.07, 6.45) is 0. The number of benzene rings is 3. The molecule has 0 unspecified atom stereocenters. The van der Waals surface area contributed by atoms with E-state index in [0.29, 0.717) is 5.69 Å². The van der Waals surface area contributed by atoms with E-state index in [4.69, 9.17) is 0 Å². The van der Waals surface area contributed by atoms with Crippen LogP contribution in [0.4, 0.5) is 0 Å². The van der Waals surface area contributed by atoms with Crippen LogP contribution >= 0.6 is 0 Å². The molecule has 1 N–H and O–H groups in total. The van der Waals surface area contributed by atoms with Gasteiger partial charge in [0.1, 0.15) is 17.3 Å². The number of hydrogen-bond acceptors (Lipinski definition) is 1. The molecule has 0 saturated heterocycles. The van der Waals surface area contributed by atoms with Crippen molar-refractivity contribution in [3.63, 3.8) is 0 Å². The maximum absolute atomic E-state index is 9.78. The van der Waals surface area contributed by atoms with Crippen LogP contribution in [0.1, 0.15) is 5.69 Å². The van der Waals surface area contributed by atoms with Crippen LogP contribution < -0.4 is 4.98 Å². The van der Waals surface area contributed by atoms with E-state index in [-0.39, 0.29) is 0 Å². The molecule has 0 bridgehead atoms. The number of rotatable bonds is 1. The summed E-state index contributed by atoms with van der Waals surface area (Å²) < 4.78 is 2.03. The number of hydrogen-bond donors (Lipinski definition) is 0. The van der Waals surface area contributed by atoms with Gasteiger partial charge in [0.15, 0.2) is 0 Å². The van der Waals surface area contributed by atoms with Crippen LogP contribution in [-0.2, 0) is 0 Å². The predicted octanol–water partition coefficient (Wildman–Crippen LogP) is 4.60. The van der Waals surface area contributed by atoms with Gasteiger partial charge in [-0.05, 0) is 24.3 Å². The minimum absolute atomic E-state index is 0.665. The van der Waals surface area contributed by atoms with Crippen molar-refractivity contribution in [1.82, 2.24) is 4.40 Å². The molecule has 0 fully saturated rings. The predicted molar refractivity (Wildman–Crippen MR) is 99.1 cm³/mol. The molecule has 0 aliphatic carbocycles. The van der Waals surface area contributed by atoms with Crippen LogP contribution in [0.5, 0.6) is 0 Å². The van der Waals surface area contributed by atoms with Crippen LogP contribution in [0, 0.1) is 11.3 Å². The molecule has 2 aromatic heterocycles. The van der Waals surface area contributed by atoms with Gasteiger partial charge in [0, 0.05) is 10.9 Å². The summed E-state index contributed by atoms with van der Waals surface area (Å²) in [6, 6.07) is 29.0. The highest BCUT2D eigenvalue weighted by atomic mass is 15.0. The van der Waals surface area contributed by atoms with E-state index in [1.807, 2.05) is 52.9 Å². The third-order valence-corrected chi connectivity index (χ3v) is 4.71. The number of aromatic nitrogens is 2. The van der Waals surface area contributed by atoms with Gasteiger partial charge < -0.3 is 0 Å². The molecule has 2 heterocycles. The third-order valence-electron chi connectivity index (χ3n) is 4.71. The monoisotopic (exact) mass is 320 g/mol. The van der Waals surface area contributed by atoms with Gasteiger partial charge in [0.2, 0.25) is 5.69 Å². The van der Waals surface area contributed by atoms with Crippen molar-refractivity contribution in [1.29, 1.82) is 5.26 Å². The molecule has 0 atom stereocenters. The first-order valence-electron chi connectivity index (χ1n) is 8.21. The third kappa shape index (κ3) is 1.88. The Morgan fingerprint density at radius 1 is 0.720 bits per heavy atom. The van der Waals surface area contributed by atoms with E-state index in [2.05, 4.69) is 41.4 Å². The summed E-state index contributed by atoms with van der Waals surface area (Å²) in [6.45, 7) is 0. The lowest BCUT2D eigenvalue weighted by Crippen LogP contribution is -2.13. The number of nitrogens with one attached hydrogen (secondary N) is 1. The van der Waals surface area contributed by atoms with Gasteiger partial charge in [-0.3, -0.25) is 0 Å². The SMILES string of the molecule is N#Cc1c2ccccc2c2[nH+]c(-c3ccccc3)c3ccccc3n12. The van der Waals surface area contributed by atoms with Crippen molar-refractivity contribution in [2.75, 3.05) is 0 Å². The molecule has 0 saturated carbocycles. The van der Waals surface area contributed by atoms with Crippen LogP contribution in [0.15, 0.2) is 78.9 Å². The molecule has 0 aliphatic rings. The zero-order valence-electron chi connectivity index (χ0n) is 13.4. The van der Waals surface area contributed by atoms with Crippen molar-refractivity contribution in [3.05, 3.63) is 84.6 Å². The van der Waals surface area contributed by atoms with Gasteiger partial charge in [-0.15, -0.1) is 0 Å².